The number of amides is 1. The summed E-state index contributed by atoms with van der Waals surface area (Å²) in [6.07, 6.45) is 4.04. The average Bonchev–Trinajstić information content (AvgIpc) is 3.01. The minimum Gasteiger partial charge on any atom is -0.486 e. The molecule has 1 atom stereocenters. The quantitative estimate of drug-likeness (QED) is 0.810. The van der Waals surface area contributed by atoms with Gasteiger partial charge in [-0.2, -0.15) is 5.26 Å². The first-order chi connectivity index (χ1) is 11.1. The third-order valence-corrected chi connectivity index (χ3v) is 3.29. The maximum atomic E-state index is 12.0. The maximum Gasteiger partial charge on any atom is 0.248 e. The van der Waals surface area contributed by atoms with E-state index >= 15 is 0 Å². The predicted molar refractivity (Wildman–Crippen MR) is 87.3 cm³/mol. The lowest BCUT2D eigenvalue weighted by atomic mass is 10.2. The molecule has 6 nitrogen and oxygen atoms in total. The zero-order valence-electron chi connectivity index (χ0n) is 13.4. The SMILES string of the molecule is CN(C)C/C=C/C(=O)Nc1cc(C#N)ccc1O[C@H]1CCOC1. The number of ether oxygens (including phenoxy) is 2. The number of hydrogen-bond acceptors (Lipinski definition) is 5. The van der Waals surface area contributed by atoms with Gasteiger partial charge in [-0.3, -0.25) is 4.79 Å². The molecule has 1 N–H and O–H groups in total. The van der Waals surface area contributed by atoms with Crippen molar-refractivity contribution in [1.82, 2.24) is 4.90 Å². The number of nitriles is 1. The summed E-state index contributed by atoms with van der Waals surface area (Å²) in [5, 5.41) is 11.8. The van der Waals surface area contributed by atoms with E-state index in [0.29, 0.717) is 36.8 Å². The molecule has 1 saturated heterocycles. The van der Waals surface area contributed by atoms with Crippen LogP contribution in [0.4, 0.5) is 5.69 Å². The Morgan fingerprint density at radius 1 is 1.57 bits per heavy atom. The zero-order chi connectivity index (χ0) is 16.7. The highest BCUT2D eigenvalue weighted by molar-refractivity contribution is 6.00. The van der Waals surface area contributed by atoms with E-state index in [1.165, 1.54) is 6.08 Å². The molecule has 0 unspecified atom stereocenters. The molecule has 23 heavy (non-hydrogen) atoms. The highest BCUT2D eigenvalue weighted by Crippen LogP contribution is 2.28. The van der Waals surface area contributed by atoms with Gasteiger partial charge in [-0.1, -0.05) is 6.08 Å². The molecule has 1 aliphatic rings. The molecule has 1 fully saturated rings. The van der Waals surface area contributed by atoms with Crippen LogP contribution in [0.5, 0.6) is 5.75 Å². The second kappa shape index (κ2) is 8.32. The summed E-state index contributed by atoms with van der Waals surface area (Å²) in [6.45, 7) is 1.89. The van der Waals surface area contributed by atoms with Crippen LogP contribution in [0.15, 0.2) is 30.4 Å². The fourth-order valence-corrected chi connectivity index (χ4v) is 2.13. The molecule has 0 saturated carbocycles. The van der Waals surface area contributed by atoms with Crippen LogP contribution >= 0.6 is 0 Å². The van der Waals surface area contributed by atoms with Crippen molar-refractivity contribution in [2.24, 2.45) is 0 Å². The first-order valence-electron chi connectivity index (χ1n) is 7.49. The van der Waals surface area contributed by atoms with Crippen molar-refractivity contribution in [3.8, 4) is 11.8 Å². The highest BCUT2D eigenvalue weighted by atomic mass is 16.5. The van der Waals surface area contributed by atoms with Gasteiger partial charge >= 0.3 is 0 Å². The minimum absolute atomic E-state index is 0.0251. The van der Waals surface area contributed by atoms with Crippen LogP contribution in [-0.2, 0) is 9.53 Å². The van der Waals surface area contributed by atoms with Crippen LogP contribution in [-0.4, -0.2) is 50.8 Å². The Balaban J connectivity index is 2.09. The van der Waals surface area contributed by atoms with E-state index in [4.69, 9.17) is 14.7 Å². The first kappa shape index (κ1) is 17.0. The van der Waals surface area contributed by atoms with Crippen LogP contribution < -0.4 is 10.1 Å². The normalized spacial score (nSPS) is 17.4. The van der Waals surface area contributed by atoms with Gasteiger partial charge in [-0.05, 0) is 32.3 Å². The lowest BCUT2D eigenvalue weighted by Gasteiger charge is -2.16. The summed E-state index contributed by atoms with van der Waals surface area (Å²) >= 11 is 0. The van der Waals surface area contributed by atoms with Gasteiger partial charge in [0.25, 0.3) is 0 Å². The van der Waals surface area contributed by atoms with Gasteiger partial charge in [0.2, 0.25) is 5.91 Å². The van der Waals surface area contributed by atoms with E-state index in [-0.39, 0.29) is 12.0 Å². The number of benzene rings is 1. The van der Waals surface area contributed by atoms with Gasteiger partial charge in [0, 0.05) is 19.0 Å². The monoisotopic (exact) mass is 315 g/mol. The van der Waals surface area contributed by atoms with E-state index in [0.717, 1.165) is 6.42 Å². The maximum absolute atomic E-state index is 12.0. The summed E-state index contributed by atoms with van der Waals surface area (Å²) in [6, 6.07) is 7.05. The summed E-state index contributed by atoms with van der Waals surface area (Å²) in [5.41, 5.74) is 0.961. The fraction of sp³-hybridized carbons (Fsp3) is 0.412. The van der Waals surface area contributed by atoms with Crippen LogP contribution in [0, 0.1) is 11.3 Å². The second-order valence-electron chi connectivity index (χ2n) is 5.58. The molecule has 1 aromatic carbocycles. The molecule has 0 spiro atoms. The van der Waals surface area contributed by atoms with Gasteiger partial charge < -0.3 is 19.7 Å². The van der Waals surface area contributed by atoms with E-state index in [2.05, 4.69) is 11.4 Å². The van der Waals surface area contributed by atoms with Crippen LogP contribution in [0.25, 0.3) is 0 Å². The van der Waals surface area contributed by atoms with E-state index in [9.17, 15) is 4.79 Å². The Kier molecular flexibility index (Phi) is 6.15. The van der Waals surface area contributed by atoms with E-state index in [1.807, 2.05) is 19.0 Å². The number of nitrogens with zero attached hydrogens (tertiary/aromatic N) is 2. The second-order valence-corrected chi connectivity index (χ2v) is 5.58. The van der Waals surface area contributed by atoms with E-state index in [1.54, 1.807) is 24.3 Å². The molecule has 6 heteroatoms. The average molecular weight is 315 g/mol. The van der Waals surface area contributed by atoms with E-state index < -0.39 is 0 Å². The van der Waals surface area contributed by atoms with Crippen molar-refractivity contribution in [2.45, 2.75) is 12.5 Å². The minimum atomic E-state index is -0.255. The fourth-order valence-electron chi connectivity index (χ4n) is 2.13. The van der Waals surface area contributed by atoms with Crippen molar-refractivity contribution >= 4 is 11.6 Å². The summed E-state index contributed by atoms with van der Waals surface area (Å²) in [4.78, 5) is 14.0. The summed E-state index contributed by atoms with van der Waals surface area (Å²) in [7, 11) is 3.85. The number of carbonyl (C=O) groups is 1. The Morgan fingerprint density at radius 2 is 2.39 bits per heavy atom. The van der Waals surface area contributed by atoms with Gasteiger partial charge in [0.05, 0.1) is 30.5 Å². The Morgan fingerprint density at radius 3 is 3.04 bits per heavy atom. The molecule has 2 rings (SSSR count). The predicted octanol–water partition coefficient (Wildman–Crippen LogP) is 1.78. The lowest BCUT2D eigenvalue weighted by Crippen LogP contribution is -2.18. The van der Waals surface area contributed by atoms with Crippen LogP contribution in [0.1, 0.15) is 12.0 Å². The third kappa shape index (κ3) is 5.40. The summed E-state index contributed by atoms with van der Waals surface area (Å²) < 4.78 is 11.2. The van der Waals surface area contributed by atoms with Gasteiger partial charge in [0.1, 0.15) is 11.9 Å². The topological polar surface area (TPSA) is 74.6 Å². The molecule has 122 valence electrons. The molecule has 1 aromatic rings. The van der Waals surface area contributed by atoms with Gasteiger partial charge in [0.15, 0.2) is 0 Å². The zero-order valence-corrected chi connectivity index (χ0v) is 13.4. The highest BCUT2D eigenvalue weighted by Gasteiger charge is 2.19. The largest absolute Gasteiger partial charge is 0.486 e. The molecule has 0 aliphatic carbocycles. The summed E-state index contributed by atoms with van der Waals surface area (Å²) in [5.74, 6) is 0.295. The number of anilines is 1. The number of rotatable bonds is 6. The molecule has 1 amide bonds. The molecule has 0 aromatic heterocycles. The van der Waals surface area contributed by atoms with Crippen LogP contribution in [0.2, 0.25) is 0 Å². The number of likely N-dealkylation sites (N-methyl/N-ethyl adjacent to an activating group) is 1. The molecule has 1 aliphatic heterocycles. The lowest BCUT2D eigenvalue weighted by molar-refractivity contribution is -0.111. The number of carbonyl (C=O) groups excluding carboxylic acids is 1. The van der Waals surface area contributed by atoms with Crippen molar-refractivity contribution in [1.29, 1.82) is 5.26 Å². The van der Waals surface area contributed by atoms with Gasteiger partial charge in [-0.15, -0.1) is 0 Å². The Hall–Kier alpha value is -2.36. The van der Waals surface area contributed by atoms with Crippen molar-refractivity contribution in [3.05, 3.63) is 35.9 Å². The van der Waals surface area contributed by atoms with Crippen molar-refractivity contribution < 1.29 is 14.3 Å². The first-order valence-corrected chi connectivity index (χ1v) is 7.49. The van der Waals surface area contributed by atoms with Crippen molar-refractivity contribution in [2.75, 3.05) is 39.2 Å². The third-order valence-electron chi connectivity index (χ3n) is 3.29. The molecule has 0 radical (unpaired) electrons. The number of nitrogens with one attached hydrogen (secondary N) is 1. The van der Waals surface area contributed by atoms with Gasteiger partial charge in [-0.25, -0.2) is 0 Å². The van der Waals surface area contributed by atoms with Crippen LogP contribution in [0.3, 0.4) is 0 Å². The molecular weight excluding hydrogens is 294 g/mol. The van der Waals surface area contributed by atoms with Crippen molar-refractivity contribution in [3.63, 3.8) is 0 Å². The Labute approximate surface area is 136 Å². The molecule has 0 bridgehead atoms. The molecule has 1 heterocycles. The smallest absolute Gasteiger partial charge is 0.248 e. The number of hydrogen-bond donors (Lipinski definition) is 1. The molecular formula is C17H21N3O3. The Bertz CT molecular complexity index is 614. The standard InChI is InChI=1S/C17H21N3O3/c1-20(2)8-3-4-17(21)19-15-10-13(11-18)5-6-16(15)23-14-7-9-22-12-14/h3-6,10,14H,7-9,12H2,1-2H3,(H,19,21)/b4-3+/t14-/m0/s1.